The fraction of sp³-hybridized carbons (Fsp3) is 0.429. The first-order chi connectivity index (χ1) is 10.4. The van der Waals surface area contributed by atoms with E-state index < -0.39 is 0 Å². The quantitative estimate of drug-likeness (QED) is 0.691. The van der Waals surface area contributed by atoms with E-state index in [0.29, 0.717) is 0 Å². The number of nitrogens with zero attached hydrogens (tertiary/aromatic N) is 1. The van der Waals surface area contributed by atoms with Crippen LogP contribution in [0, 0.1) is 34.6 Å². The molecule has 2 aromatic carbocycles. The predicted octanol–water partition coefficient (Wildman–Crippen LogP) is 5.28. The molecule has 0 bridgehead atoms. The lowest BCUT2D eigenvalue weighted by Crippen LogP contribution is -2.25. The first-order valence-electron chi connectivity index (χ1n) is 8.33. The fourth-order valence-electron chi connectivity index (χ4n) is 3.92. The van der Waals surface area contributed by atoms with Gasteiger partial charge in [-0.2, -0.15) is 0 Å². The summed E-state index contributed by atoms with van der Waals surface area (Å²) in [4.78, 5) is 2.41. The van der Waals surface area contributed by atoms with Gasteiger partial charge in [0.15, 0.2) is 0 Å². The maximum atomic E-state index is 2.41. The lowest BCUT2D eigenvalue weighted by atomic mass is 9.83. The van der Waals surface area contributed by atoms with Gasteiger partial charge in [0.25, 0.3) is 0 Å². The van der Waals surface area contributed by atoms with Crippen molar-refractivity contribution in [1.29, 1.82) is 0 Å². The van der Waals surface area contributed by atoms with Gasteiger partial charge in [0.1, 0.15) is 0 Å². The van der Waals surface area contributed by atoms with Crippen LogP contribution in [0.3, 0.4) is 0 Å². The molecule has 1 nitrogen and oxygen atoms in total. The van der Waals surface area contributed by atoms with Crippen LogP contribution in [0.4, 0.5) is 5.69 Å². The number of aryl methyl sites for hydroxylation is 3. The summed E-state index contributed by atoms with van der Waals surface area (Å²) < 4.78 is 0. The molecule has 0 aliphatic carbocycles. The Labute approximate surface area is 135 Å². The second-order valence-electron chi connectivity index (χ2n) is 6.92. The minimum absolute atomic E-state index is 1.17. The molecule has 0 spiro atoms. The van der Waals surface area contributed by atoms with Crippen molar-refractivity contribution in [3.8, 4) is 11.1 Å². The van der Waals surface area contributed by atoms with Crippen molar-refractivity contribution in [2.45, 2.75) is 47.5 Å². The van der Waals surface area contributed by atoms with Crippen LogP contribution in [0.5, 0.6) is 0 Å². The van der Waals surface area contributed by atoms with Gasteiger partial charge < -0.3 is 4.90 Å². The van der Waals surface area contributed by atoms with Gasteiger partial charge in [-0.25, -0.2) is 0 Å². The smallest absolute Gasteiger partial charge is 0.0402 e. The first-order valence-corrected chi connectivity index (χ1v) is 8.33. The van der Waals surface area contributed by atoms with Crippen molar-refractivity contribution in [3.05, 3.63) is 51.6 Å². The maximum Gasteiger partial charge on any atom is 0.0402 e. The van der Waals surface area contributed by atoms with Crippen molar-refractivity contribution >= 4 is 5.69 Å². The molecule has 1 aliphatic rings. The molecule has 0 radical (unpaired) electrons. The summed E-state index contributed by atoms with van der Waals surface area (Å²) in [5, 5.41) is 0. The van der Waals surface area contributed by atoms with Crippen LogP contribution < -0.4 is 4.90 Å². The Bertz CT molecular complexity index is 714. The SMILES string of the molecule is Cc1cc(C)c(C)c(-c2c(C)ccc3c2CCCN3C)c1C. The van der Waals surface area contributed by atoms with E-state index in [1.54, 1.807) is 5.56 Å². The minimum Gasteiger partial charge on any atom is -0.374 e. The molecule has 0 saturated heterocycles. The highest BCUT2D eigenvalue weighted by molar-refractivity contribution is 5.83. The second kappa shape index (κ2) is 5.46. The molecule has 1 aliphatic heterocycles. The van der Waals surface area contributed by atoms with Crippen LogP contribution in [0.2, 0.25) is 0 Å². The molecule has 2 aromatic rings. The zero-order valence-corrected chi connectivity index (χ0v) is 14.8. The molecule has 1 heteroatoms. The predicted molar refractivity (Wildman–Crippen MR) is 97.2 cm³/mol. The minimum atomic E-state index is 1.17. The van der Waals surface area contributed by atoms with Gasteiger partial charge in [-0.1, -0.05) is 12.1 Å². The Balaban J connectivity index is 2.37. The summed E-state index contributed by atoms with van der Waals surface area (Å²) in [7, 11) is 2.22. The average Bonchev–Trinajstić information content (AvgIpc) is 2.48. The van der Waals surface area contributed by atoms with E-state index in [-0.39, 0.29) is 0 Å². The summed E-state index contributed by atoms with van der Waals surface area (Å²) in [6, 6.07) is 6.93. The van der Waals surface area contributed by atoms with Crippen LogP contribution in [0.25, 0.3) is 11.1 Å². The van der Waals surface area contributed by atoms with E-state index in [4.69, 9.17) is 0 Å². The Kier molecular flexibility index (Phi) is 3.76. The highest BCUT2D eigenvalue weighted by Crippen LogP contribution is 2.41. The van der Waals surface area contributed by atoms with E-state index in [9.17, 15) is 0 Å². The Morgan fingerprint density at radius 1 is 0.818 bits per heavy atom. The van der Waals surface area contributed by atoms with Gasteiger partial charge in [0.05, 0.1) is 0 Å². The molecule has 0 fully saturated rings. The third kappa shape index (κ3) is 2.24. The Morgan fingerprint density at radius 2 is 1.45 bits per heavy atom. The van der Waals surface area contributed by atoms with Gasteiger partial charge in [-0.15, -0.1) is 0 Å². The Morgan fingerprint density at radius 3 is 2.09 bits per heavy atom. The molecule has 0 N–H and O–H groups in total. The number of benzene rings is 2. The monoisotopic (exact) mass is 293 g/mol. The zero-order valence-electron chi connectivity index (χ0n) is 14.8. The van der Waals surface area contributed by atoms with Crippen molar-refractivity contribution in [3.63, 3.8) is 0 Å². The fourth-order valence-corrected chi connectivity index (χ4v) is 3.92. The second-order valence-corrected chi connectivity index (χ2v) is 6.92. The lowest BCUT2D eigenvalue weighted by molar-refractivity contribution is 0.745. The van der Waals surface area contributed by atoms with Crippen LogP contribution in [0.15, 0.2) is 18.2 Å². The number of anilines is 1. The van der Waals surface area contributed by atoms with Crippen LogP contribution in [0.1, 0.15) is 39.8 Å². The molecule has 22 heavy (non-hydrogen) atoms. The zero-order chi connectivity index (χ0) is 16.0. The van der Waals surface area contributed by atoms with E-state index in [1.165, 1.54) is 64.0 Å². The summed E-state index contributed by atoms with van der Waals surface area (Å²) in [5.74, 6) is 0. The van der Waals surface area contributed by atoms with Gasteiger partial charge in [-0.3, -0.25) is 0 Å². The molecule has 0 atom stereocenters. The van der Waals surface area contributed by atoms with E-state index in [1.807, 2.05) is 0 Å². The normalized spacial score (nSPS) is 14.2. The van der Waals surface area contributed by atoms with Gasteiger partial charge in [0, 0.05) is 19.3 Å². The molecular formula is C21H27N. The average molecular weight is 293 g/mol. The largest absolute Gasteiger partial charge is 0.374 e. The first kappa shape index (κ1) is 15.1. The molecule has 0 amide bonds. The Hall–Kier alpha value is -1.76. The molecule has 3 rings (SSSR count). The lowest BCUT2D eigenvalue weighted by Gasteiger charge is -2.31. The number of hydrogen-bond donors (Lipinski definition) is 0. The number of rotatable bonds is 1. The maximum absolute atomic E-state index is 2.41. The van der Waals surface area contributed by atoms with Crippen LogP contribution >= 0.6 is 0 Å². The van der Waals surface area contributed by atoms with Crippen molar-refractivity contribution in [2.24, 2.45) is 0 Å². The third-order valence-corrected chi connectivity index (χ3v) is 5.44. The molecular weight excluding hydrogens is 266 g/mol. The van der Waals surface area contributed by atoms with Crippen molar-refractivity contribution < 1.29 is 0 Å². The third-order valence-electron chi connectivity index (χ3n) is 5.44. The molecule has 0 saturated carbocycles. The van der Waals surface area contributed by atoms with Crippen LogP contribution in [-0.2, 0) is 6.42 Å². The number of fused-ring (bicyclic) bond motifs is 1. The van der Waals surface area contributed by atoms with Crippen LogP contribution in [-0.4, -0.2) is 13.6 Å². The molecule has 116 valence electrons. The van der Waals surface area contributed by atoms with E-state index in [0.717, 1.165) is 0 Å². The van der Waals surface area contributed by atoms with Crippen molar-refractivity contribution in [1.82, 2.24) is 0 Å². The highest BCUT2D eigenvalue weighted by atomic mass is 15.1. The molecule has 1 heterocycles. The standard InChI is InChI=1S/C21H27N/c1-13-9-10-19-18(8-7-11-22(19)6)20(13)21-16(4)14(2)12-15(3)17(21)5/h9-10,12H,7-8,11H2,1-6H3. The van der Waals surface area contributed by atoms with E-state index in [2.05, 4.69) is 64.8 Å². The molecule has 0 unspecified atom stereocenters. The van der Waals surface area contributed by atoms with Gasteiger partial charge in [-0.05, 0) is 98.0 Å². The van der Waals surface area contributed by atoms with Crippen molar-refractivity contribution in [2.75, 3.05) is 18.5 Å². The number of hydrogen-bond acceptors (Lipinski definition) is 1. The molecule has 0 aromatic heterocycles. The van der Waals surface area contributed by atoms with Gasteiger partial charge in [0.2, 0.25) is 0 Å². The summed E-state index contributed by atoms with van der Waals surface area (Å²) >= 11 is 0. The summed E-state index contributed by atoms with van der Waals surface area (Å²) in [5.41, 5.74) is 13.0. The van der Waals surface area contributed by atoms with E-state index >= 15 is 0 Å². The topological polar surface area (TPSA) is 3.24 Å². The van der Waals surface area contributed by atoms with Gasteiger partial charge >= 0.3 is 0 Å². The summed E-state index contributed by atoms with van der Waals surface area (Å²) in [6.07, 6.45) is 2.45. The summed E-state index contributed by atoms with van der Waals surface area (Å²) in [6.45, 7) is 12.5. The highest BCUT2D eigenvalue weighted by Gasteiger charge is 2.22.